The fraction of sp³-hybridized carbons (Fsp3) is 0.571. The topological polar surface area (TPSA) is 21.3 Å². The van der Waals surface area contributed by atoms with Gasteiger partial charge in [0.2, 0.25) is 0 Å². The summed E-state index contributed by atoms with van der Waals surface area (Å²) in [6.45, 7) is 18.2. The van der Waals surface area contributed by atoms with Crippen LogP contribution in [0.25, 0.3) is 0 Å². The summed E-state index contributed by atoms with van der Waals surface area (Å²) in [5.74, 6) is 0.849. The Hall–Kier alpha value is -1.02. The van der Waals surface area contributed by atoms with E-state index in [1.54, 1.807) is 6.08 Å². The summed E-state index contributed by atoms with van der Waals surface area (Å²) in [5.41, 5.74) is 1.96. The lowest BCUT2D eigenvalue weighted by atomic mass is 10.1. The van der Waals surface area contributed by atoms with Crippen molar-refractivity contribution >= 4 is 0 Å². The molecule has 0 aliphatic carbocycles. The van der Waals surface area contributed by atoms with Gasteiger partial charge in [-0.05, 0) is 39.0 Å². The monoisotopic (exact) mass is 225 g/mol. The minimum atomic E-state index is 0.335. The van der Waals surface area contributed by atoms with E-state index in [1.165, 1.54) is 0 Å². The van der Waals surface area contributed by atoms with E-state index in [0.717, 1.165) is 16.9 Å². The van der Waals surface area contributed by atoms with E-state index in [-0.39, 0.29) is 0 Å². The van der Waals surface area contributed by atoms with Gasteiger partial charge in [0.25, 0.3) is 0 Å². The van der Waals surface area contributed by atoms with Gasteiger partial charge in [-0.15, -0.1) is 0 Å². The van der Waals surface area contributed by atoms with Crippen molar-refractivity contribution < 1.29 is 4.74 Å². The van der Waals surface area contributed by atoms with Crippen molar-refractivity contribution in [2.24, 2.45) is 0 Å². The molecule has 2 nitrogen and oxygen atoms in total. The zero-order valence-corrected chi connectivity index (χ0v) is 11.7. The van der Waals surface area contributed by atoms with Gasteiger partial charge in [0.15, 0.2) is 0 Å². The molecule has 1 N–H and O–H groups in total. The van der Waals surface area contributed by atoms with Crippen LogP contribution in [0.4, 0.5) is 0 Å². The Morgan fingerprint density at radius 1 is 1.38 bits per heavy atom. The molecule has 0 aromatic heterocycles. The molecule has 0 saturated carbocycles. The third kappa shape index (κ3) is 7.30. The zero-order chi connectivity index (χ0) is 13.1. The van der Waals surface area contributed by atoms with Gasteiger partial charge in [0.05, 0.1) is 0 Å². The largest absolute Gasteiger partial charge is 0.491 e. The second-order valence-corrected chi connectivity index (χ2v) is 3.50. The maximum absolute atomic E-state index is 5.66. The maximum Gasteiger partial charge on any atom is 0.124 e. The molecule has 0 heterocycles. The van der Waals surface area contributed by atoms with E-state index in [1.807, 2.05) is 34.7 Å². The van der Waals surface area contributed by atoms with Crippen molar-refractivity contribution in [1.29, 1.82) is 0 Å². The highest BCUT2D eigenvalue weighted by atomic mass is 16.5. The summed E-state index contributed by atoms with van der Waals surface area (Å²) < 4.78 is 5.66. The van der Waals surface area contributed by atoms with Crippen molar-refractivity contribution in [3.05, 3.63) is 36.1 Å². The van der Waals surface area contributed by atoms with E-state index >= 15 is 0 Å². The van der Waals surface area contributed by atoms with Crippen LogP contribution >= 0.6 is 0 Å². The molecule has 0 rings (SSSR count). The highest BCUT2D eigenvalue weighted by molar-refractivity contribution is 5.31. The molecule has 0 fully saturated rings. The Kier molecular flexibility index (Phi) is 11.4. The van der Waals surface area contributed by atoms with E-state index in [9.17, 15) is 0 Å². The Balaban J connectivity index is 0. The van der Waals surface area contributed by atoms with Gasteiger partial charge in [0, 0.05) is 6.04 Å². The van der Waals surface area contributed by atoms with Crippen molar-refractivity contribution in [2.75, 3.05) is 13.7 Å². The number of ether oxygens (including phenoxy) is 1. The summed E-state index contributed by atoms with van der Waals surface area (Å²) in [5, 5.41) is 3.11. The van der Waals surface area contributed by atoms with Crippen molar-refractivity contribution in [1.82, 2.24) is 5.32 Å². The summed E-state index contributed by atoms with van der Waals surface area (Å²) >= 11 is 0. The molecule has 2 heteroatoms. The Labute approximate surface area is 101 Å². The average molecular weight is 225 g/mol. The van der Waals surface area contributed by atoms with Crippen molar-refractivity contribution in [3.8, 4) is 0 Å². The first kappa shape index (κ1) is 17.4. The predicted molar refractivity (Wildman–Crippen MR) is 73.5 cm³/mol. The van der Waals surface area contributed by atoms with Gasteiger partial charge in [-0.3, -0.25) is 0 Å². The first-order valence-corrected chi connectivity index (χ1v) is 5.82. The molecule has 0 aliphatic heterocycles. The van der Waals surface area contributed by atoms with E-state index in [2.05, 4.69) is 25.4 Å². The summed E-state index contributed by atoms with van der Waals surface area (Å²) in [6, 6.07) is 0.335. The van der Waals surface area contributed by atoms with Crippen LogP contribution in [-0.4, -0.2) is 19.7 Å². The normalized spacial score (nSPS) is 12.9. The van der Waals surface area contributed by atoms with Gasteiger partial charge < -0.3 is 10.1 Å². The van der Waals surface area contributed by atoms with Crippen LogP contribution in [0.1, 0.15) is 34.6 Å². The lowest BCUT2D eigenvalue weighted by molar-refractivity contribution is 0.193. The highest BCUT2D eigenvalue weighted by Gasteiger charge is 2.05. The second-order valence-electron chi connectivity index (χ2n) is 3.50. The van der Waals surface area contributed by atoms with Crippen LogP contribution in [0.3, 0.4) is 0 Å². The Morgan fingerprint density at radius 2 is 1.88 bits per heavy atom. The Bertz CT molecular complexity index is 241. The van der Waals surface area contributed by atoms with Gasteiger partial charge in [-0.1, -0.05) is 33.1 Å². The third-order valence-electron chi connectivity index (χ3n) is 2.02. The summed E-state index contributed by atoms with van der Waals surface area (Å²) in [6.07, 6.45) is 1.79. The predicted octanol–water partition coefficient (Wildman–Crippen LogP) is 3.67. The standard InChI is InChI=1S/C12H21NO.C2H6/c1-7-10(4)12(9(2)3)14-8-11(5)13-6;1-2/h7,11,13H,1-2,8H2,3-6H3;1-2H3/b12-10+;. The number of allylic oxidation sites excluding steroid dienone is 3. The molecule has 1 unspecified atom stereocenters. The van der Waals surface area contributed by atoms with E-state index < -0.39 is 0 Å². The SMILES string of the molecule is C=C/C(C)=C(/OCC(C)NC)C(=C)C.CC. The number of hydrogen-bond donors (Lipinski definition) is 1. The van der Waals surface area contributed by atoms with Crippen molar-refractivity contribution in [2.45, 2.75) is 40.7 Å². The molecule has 0 aromatic carbocycles. The molecule has 0 saturated heterocycles. The van der Waals surface area contributed by atoms with Gasteiger partial charge in [-0.2, -0.15) is 0 Å². The molecule has 0 spiro atoms. The van der Waals surface area contributed by atoms with Crippen LogP contribution in [0.2, 0.25) is 0 Å². The van der Waals surface area contributed by atoms with Crippen LogP contribution in [0, 0.1) is 0 Å². The smallest absolute Gasteiger partial charge is 0.124 e. The number of nitrogens with one attached hydrogen (secondary N) is 1. The number of rotatable bonds is 6. The van der Waals surface area contributed by atoms with Crippen molar-refractivity contribution in [3.63, 3.8) is 0 Å². The maximum atomic E-state index is 5.66. The molecular formula is C14H27NO. The first-order chi connectivity index (χ1) is 7.52. The second kappa shape index (κ2) is 10.5. The lowest BCUT2D eigenvalue weighted by Crippen LogP contribution is -2.26. The molecule has 0 aromatic rings. The van der Waals surface area contributed by atoms with Gasteiger partial charge >= 0.3 is 0 Å². The molecule has 16 heavy (non-hydrogen) atoms. The molecule has 1 atom stereocenters. The molecular weight excluding hydrogens is 198 g/mol. The summed E-state index contributed by atoms with van der Waals surface area (Å²) in [7, 11) is 1.92. The third-order valence-corrected chi connectivity index (χ3v) is 2.02. The molecule has 0 amide bonds. The highest BCUT2D eigenvalue weighted by Crippen LogP contribution is 2.15. The fourth-order valence-corrected chi connectivity index (χ4v) is 0.958. The minimum Gasteiger partial charge on any atom is -0.491 e. The van der Waals surface area contributed by atoms with Crippen LogP contribution < -0.4 is 5.32 Å². The van der Waals surface area contributed by atoms with E-state index in [0.29, 0.717) is 12.6 Å². The van der Waals surface area contributed by atoms with Crippen LogP contribution in [-0.2, 0) is 4.74 Å². The van der Waals surface area contributed by atoms with E-state index in [4.69, 9.17) is 4.74 Å². The lowest BCUT2D eigenvalue weighted by Gasteiger charge is -2.16. The minimum absolute atomic E-state index is 0.335. The van der Waals surface area contributed by atoms with Gasteiger partial charge in [0.1, 0.15) is 12.4 Å². The summed E-state index contributed by atoms with van der Waals surface area (Å²) in [4.78, 5) is 0. The first-order valence-electron chi connectivity index (χ1n) is 5.82. The Morgan fingerprint density at radius 3 is 2.19 bits per heavy atom. The molecule has 0 aliphatic rings. The number of likely N-dealkylation sites (N-methyl/N-ethyl adjacent to an activating group) is 1. The van der Waals surface area contributed by atoms with Crippen LogP contribution in [0.5, 0.6) is 0 Å². The molecule has 0 bridgehead atoms. The molecule has 0 radical (unpaired) electrons. The zero-order valence-electron chi connectivity index (χ0n) is 11.7. The molecule has 94 valence electrons. The fourth-order valence-electron chi connectivity index (χ4n) is 0.958. The van der Waals surface area contributed by atoms with Gasteiger partial charge in [-0.25, -0.2) is 0 Å². The number of hydrogen-bond acceptors (Lipinski definition) is 2. The average Bonchev–Trinajstić information content (AvgIpc) is 2.30. The van der Waals surface area contributed by atoms with Crippen LogP contribution in [0.15, 0.2) is 36.1 Å². The quantitative estimate of drug-likeness (QED) is 0.550.